The lowest BCUT2D eigenvalue weighted by molar-refractivity contribution is 0.0166. The molecule has 44 heavy (non-hydrogen) atoms. The first-order chi connectivity index (χ1) is 21.4. The first-order valence-corrected chi connectivity index (χ1v) is 16.4. The maximum Gasteiger partial charge on any atom is 0.161 e. The van der Waals surface area contributed by atoms with Crippen LogP contribution >= 0.6 is 0 Å². The Labute approximate surface area is 262 Å². The molecule has 0 aromatic heterocycles. The molecule has 6 N–H and O–H groups in total. The van der Waals surface area contributed by atoms with Crippen molar-refractivity contribution in [2.75, 3.05) is 6.61 Å². The van der Waals surface area contributed by atoms with E-state index in [2.05, 4.69) is 17.2 Å². The summed E-state index contributed by atoms with van der Waals surface area (Å²) >= 11 is 0. The van der Waals surface area contributed by atoms with E-state index in [9.17, 15) is 15.3 Å². The molecule has 0 bridgehead atoms. The van der Waals surface area contributed by atoms with Gasteiger partial charge in [-0.15, -0.1) is 0 Å². The average Bonchev–Trinajstić information content (AvgIpc) is 3.06. The van der Waals surface area contributed by atoms with Crippen molar-refractivity contribution in [3.63, 3.8) is 0 Å². The molecule has 7 heteroatoms. The van der Waals surface area contributed by atoms with Gasteiger partial charge in [0.25, 0.3) is 0 Å². The van der Waals surface area contributed by atoms with E-state index in [1.165, 1.54) is 24.8 Å². The molecule has 5 rings (SSSR count). The molecule has 4 unspecified atom stereocenters. The minimum absolute atomic E-state index is 0.0800. The molecule has 0 amide bonds. The summed E-state index contributed by atoms with van der Waals surface area (Å²) in [5, 5.41) is 34.2. The van der Waals surface area contributed by atoms with Gasteiger partial charge in [0.1, 0.15) is 5.75 Å². The maximum atomic E-state index is 11.1. The first kappa shape index (κ1) is 32.0. The van der Waals surface area contributed by atoms with Gasteiger partial charge in [-0.05, 0) is 119 Å². The second-order valence-electron chi connectivity index (χ2n) is 12.6. The van der Waals surface area contributed by atoms with Crippen molar-refractivity contribution >= 4 is 0 Å². The minimum Gasteiger partial charge on any atom is -0.508 e. The van der Waals surface area contributed by atoms with Crippen molar-refractivity contribution in [3.8, 4) is 29.1 Å². The number of phenols is 2. The summed E-state index contributed by atoms with van der Waals surface area (Å²) in [5.41, 5.74) is 10.3. The van der Waals surface area contributed by atoms with Crippen molar-refractivity contribution in [1.29, 1.82) is 0 Å². The van der Waals surface area contributed by atoms with Crippen molar-refractivity contribution in [1.82, 2.24) is 5.32 Å². The summed E-state index contributed by atoms with van der Waals surface area (Å²) in [6, 6.07) is 13.0. The summed E-state index contributed by atoms with van der Waals surface area (Å²) in [4.78, 5) is 0. The highest BCUT2D eigenvalue weighted by molar-refractivity contribution is 5.48. The van der Waals surface area contributed by atoms with Gasteiger partial charge < -0.3 is 35.8 Å². The molecule has 2 aliphatic heterocycles. The van der Waals surface area contributed by atoms with Crippen LogP contribution in [-0.2, 0) is 17.6 Å². The van der Waals surface area contributed by atoms with Crippen LogP contribution in [0.25, 0.3) is 0 Å². The summed E-state index contributed by atoms with van der Waals surface area (Å²) in [5.74, 6) is 8.15. The van der Waals surface area contributed by atoms with Gasteiger partial charge in [-0.1, -0.05) is 36.5 Å². The van der Waals surface area contributed by atoms with Crippen LogP contribution in [0.5, 0.6) is 17.2 Å². The van der Waals surface area contributed by atoms with Gasteiger partial charge in [-0.2, -0.15) is 0 Å². The third-order valence-corrected chi connectivity index (χ3v) is 9.00. The first-order valence-electron chi connectivity index (χ1n) is 16.4. The smallest absolute Gasteiger partial charge is 0.161 e. The molecule has 1 aliphatic carbocycles. The number of phenolic OH excluding ortho intramolecular Hbond substituents is 2. The van der Waals surface area contributed by atoms with Crippen LogP contribution in [0.2, 0.25) is 0 Å². The predicted octanol–water partition coefficient (Wildman–Crippen LogP) is 6.01. The highest BCUT2D eigenvalue weighted by Gasteiger charge is 2.21. The van der Waals surface area contributed by atoms with Gasteiger partial charge in [0, 0.05) is 23.3 Å². The number of dihydropyridines is 1. The summed E-state index contributed by atoms with van der Waals surface area (Å²) in [6.45, 7) is 0.412. The molecular formula is C37H48N2O5. The number of hydrogen-bond acceptors (Lipinski definition) is 7. The van der Waals surface area contributed by atoms with E-state index in [-0.39, 0.29) is 35.8 Å². The number of ether oxygens (including phenoxy) is 2. The Bertz CT molecular complexity index is 1340. The van der Waals surface area contributed by atoms with Gasteiger partial charge in [-0.3, -0.25) is 0 Å². The van der Waals surface area contributed by atoms with Crippen LogP contribution in [-0.4, -0.2) is 46.4 Å². The fourth-order valence-corrected chi connectivity index (χ4v) is 6.32. The van der Waals surface area contributed by atoms with Crippen LogP contribution < -0.4 is 15.8 Å². The Balaban J connectivity index is 1.18. The number of aryl methyl sites for hydroxylation is 2. The van der Waals surface area contributed by atoms with Gasteiger partial charge >= 0.3 is 0 Å². The third-order valence-electron chi connectivity index (χ3n) is 9.00. The van der Waals surface area contributed by atoms with Crippen LogP contribution in [0.15, 0.2) is 65.9 Å². The lowest BCUT2D eigenvalue weighted by Gasteiger charge is -2.24. The van der Waals surface area contributed by atoms with Crippen LogP contribution in [0.3, 0.4) is 0 Å². The van der Waals surface area contributed by atoms with Gasteiger partial charge in [0.2, 0.25) is 0 Å². The number of rotatable bonds is 10. The number of nitrogens with one attached hydrogen (secondary N) is 1. The van der Waals surface area contributed by atoms with E-state index in [0.717, 1.165) is 61.7 Å². The van der Waals surface area contributed by atoms with E-state index >= 15 is 0 Å². The molecule has 0 spiro atoms. The Hall–Kier alpha value is -3.44. The Morgan fingerprint density at radius 1 is 0.955 bits per heavy atom. The number of fused-ring (bicyclic) bond motifs is 1. The molecule has 2 heterocycles. The third kappa shape index (κ3) is 9.79. The zero-order chi connectivity index (χ0) is 30.7. The molecule has 236 valence electrons. The molecule has 1 saturated carbocycles. The SMILES string of the molecule is NC1C=C2C#CC(CCc3ccc(O)cc3)CCCC(CC(O)CCc3ccc(O)c(OC4CCCCC4)c3)OCC2=CN1. The second-order valence-corrected chi connectivity index (χ2v) is 12.6. The molecule has 3 aliphatic rings. The molecule has 4 atom stereocenters. The van der Waals surface area contributed by atoms with Crippen molar-refractivity contribution in [2.45, 2.75) is 108 Å². The Morgan fingerprint density at radius 2 is 1.75 bits per heavy atom. The molecular weight excluding hydrogens is 552 g/mol. The quantitative estimate of drug-likeness (QED) is 0.212. The number of aliphatic hydroxyl groups is 1. The summed E-state index contributed by atoms with van der Waals surface area (Å²) in [7, 11) is 0. The zero-order valence-corrected chi connectivity index (χ0v) is 25.7. The molecule has 0 saturated heterocycles. The predicted molar refractivity (Wildman–Crippen MR) is 173 cm³/mol. The maximum absolute atomic E-state index is 11.1. The zero-order valence-electron chi connectivity index (χ0n) is 25.7. The van der Waals surface area contributed by atoms with E-state index in [1.807, 2.05) is 36.5 Å². The number of aromatic hydroxyl groups is 2. The van der Waals surface area contributed by atoms with E-state index < -0.39 is 6.10 Å². The molecule has 7 nitrogen and oxygen atoms in total. The minimum atomic E-state index is -0.509. The van der Waals surface area contributed by atoms with Crippen molar-refractivity contribution < 1.29 is 24.8 Å². The summed E-state index contributed by atoms with van der Waals surface area (Å²) < 4.78 is 12.5. The van der Waals surface area contributed by atoms with Crippen molar-refractivity contribution in [2.24, 2.45) is 11.7 Å². The highest BCUT2D eigenvalue weighted by atomic mass is 16.5. The largest absolute Gasteiger partial charge is 0.508 e. The lowest BCUT2D eigenvalue weighted by Crippen LogP contribution is -2.35. The molecule has 2 aromatic rings. The lowest BCUT2D eigenvalue weighted by atomic mass is 9.92. The summed E-state index contributed by atoms with van der Waals surface area (Å²) in [6.07, 6.45) is 15.3. The topological polar surface area (TPSA) is 117 Å². The number of benzene rings is 2. The van der Waals surface area contributed by atoms with E-state index in [1.54, 1.807) is 18.2 Å². The van der Waals surface area contributed by atoms with Crippen LogP contribution in [0.4, 0.5) is 0 Å². The number of hydrogen-bond donors (Lipinski definition) is 5. The number of nitrogens with two attached hydrogens (primary N) is 1. The normalized spacial score (nSPS) is 23.5. The Kier molecular flexibility index (Phi) is 11.7. The van der Waals surface area contributed by atoms with Crippen molar-refractivity contribution in [3.05, 3.63) is 77.0 Å². The van der Waals surface area contributed by atoms with Gasteiger partial charge in [0.05, 0.1) is 31.1 Å². The molecule has 2 aromatic carbocycles. The Morgan fingerprint density at radius 3 is 2.57 bits per heavy atom. The van der Waals surface area contributed by atoms with E-state index in [4.69, 9.17) is 15.2 Å². The second kappa shape index (κ2) is 16.0. The van der Waals surface area contributed by atoms with Gasteiger partial charge in [0.15, 0.2) is 11.5 Å². The van der Waals surface area contributed by atoms with Crippen LogP contribution in [0.1, 0.15) is 81.8 Å². The number of aliphatic hydroxyl groups excluding tert-OH is 1. The molecule has 1 fully saturated rings. The highest BCUT2D eigenvalue weighted by Crippen LogP contribution is 2.32. The fraction of sp³-hybridized carbons (Fsp3) is 0.514. The molecule has 0 radical (unpaired) electrons. The monoisotopic (exact) mass is 600 g/mol. The van der Waals surface area contributed by atoms with Crippen LogP contribution in [0, 0.1) is 17.8 Å². The average molecular weight is 601 g/mol. The standard InChI is InChI=1S/C37H48N2O5/c38-37-22-29-16-11-26(9-10-27-12-17-31(40)18-13-27)5-4-8-34(43-25-30(29)24-39-37)23-32(41)19-14-28-15-20-35(42)36(21-28)44-33-6-2-1-3-7-33/h12-13,15,17-18,20-22,24,26,32-34,37,39-42H,1-10,14,19,23,25,38H2. The fourth-order valence-electron chi connectivity index (χ4n) is 6.32. The van der Waals surface area contributed by atoms with E-state index in [0.29, 0.717) is 31.6 Å². The van der Waals surface area contributed by atoms with Gasteiger partial charge in [-0.25, -0.2) is 0 Å².